The zero-order chi connectivity index (χ0) is 11.4. The van der Waals surface area contributed by atoms with Crippen molar-refractivity contribution in [3.63, 3.8) is 0 Å². The molecule has 1 heterocycles. The highest BCUT2D eigenvalue weighted by Crippen LogP contribution is 2.21. The van der Waals surface area contributed by atoms with Crippen molar-refractivity contribution in [3.8, 4) is 0 Å². The third kappa shape index (κ3) is 3.13. The Kier molecular flexibility index (Phi) is 4.46. The van der Waals surface area contributed by atoms with Gasteiger partial charge in [0.15, 0.2) is 0 Å². The van der Waals surface area contributed by atoms with Crippen molar-refractivity contribution < 1.29 is 20.1 Å². The molecule has 1 aromatic heterocycles. The Labute approximate surface area is 95.0 Å². The molecule has 2 atom stereocenters. The number of carboxylic acid groups (broad SMARTS) is 1. The van der Waals surface area contributed by atoms with Gasteiger partial charge in [0.1, 0.15) is 6.10 Å². The molecule has 1 aromatic rings. The van der Waals surface area contributed by atoms with Crippen LogP contribution in [-0.2, 0) is 0 Å². The van der Waals surface area contributed by atoms with Crippen molar-refractivity contribution in [1.82, 2.24) is 4.98 Å². The minimum atomic E-state index is -1.19. The number of alkyl halides is 1. The topological polar surface area (TPSA) is 90.7 Å². The zero-order valence-electron chi connectivity index (χ0n) is 7.63. The molecule has 84 valence electrons. The van der Waals surface area contributed by atoms with Crippen LogP contribution < -0.4 is 0 Å². The minimum absolute atomic E-state index is 0.109. The standard InChI is InChI=1S/C8H10ClNO4S/c9-2-1-5(11)6(12)4-3-15-7(10-4)8(13)14/h3,5-6,11-12H,1-2H2,(H,13,14). The summed E-state index contributed by atoms with van der Waals surface area (Å²) >= 11 is 6.31. The van der Waals surface area contributed by atoms with Gasteiger partial charge in [-0.3, -0.25) is 0 Å². The number of carbonyl (C=O) groups is 1. The van der Waals surface area contributed by atoms with Gasteiger partial charge >= 0.3 is 5.97 Å². The number of rotatable bonds is 5. The highest BCUT2D eigenvalue weighted by atomic mass is 35.5. The van der Waals surface area contributed by atoms with E-state index in [0.717, 1.165) is 11.3 Å². The molecule has 0 bridgehead atoms. The van der Waals surface area contributed by atoms with Gasteiger partial charge in [-0.25, -0.2) is 9.78 Å². The summed E-state index contributed by atoms with van der Waals surface area (Å²) in [4.78, 5) is 14.2. The lowest BCUT2D eigenvalue weighted by Gasteiger charge is -2.14. The molecule has 3 N–H and O–H groups in total. The van der Waals surface area contributed by atoms with E-state index in [2.05, 4.69) is 4.98 Å². The first-order valence-electron chi connectivity index (χ1n) is 4.17. The average Bonchev–Trinajstić information content (AvgIpc) is 2.65. The number of hydrogen-bond donors (Lipinski definition) is 3. The van der Waals surface area contributed by atoms with Crippen LogP contribution in [0, 0.1) is 0 Å². The van der Waals surface area contributed by atoms with Gasteiger partial charge in [-0.1, -0.05) is 0 Å². The lowest BCUT2D eigenvalue weighted by molar-refractivity contribution is 0.0146. The predicted molar refractivity (Wildman–Crippen MR) is 55.4 cm³/mol. The number of carboxylic acids is 1. The third-order valence-corrected chi connectivity index (χ3v) is 2.84. The molecule has 0 aromatic carbocycles. The Hall–Kier alpha value is -0.690. The minimum Gasteiger partial charge on any atom is -0.476 e. The van der Waals surface area contributed by atoms with Crippen LogP contribution in [0.4, 0.5) is 0 Å². The lowest BCUT2D eigenvalue weighted by atomic mass is 10.1. The first kappa shape index (κ1) is 12.4. The molecule has 2 unspecified atom stereocenters. The Balaban J connectivity index is 2.73. The molecular weight excluding hydrogens is 242 g/mol. The summed E-state index contributed by atoms with van der Waals surface area (Å²) < 4.78 is 0. The number of nitrogens with zero attached hydrogens (tertiary/aromatic N) is 1. The Morgan fingerprint density at radius 1 is 1.60 bits per heavy atom. The highest BCUT2D eigenvalue weighted by molar-refractivity contribution is 7.11. The van der Waals surface area contributed by atoms with Crippen molar-refractivity contribution in [2.75, 3.05) is 5.88 Å². The Bertz CT molecular complexity index is 343. The number of aromatic carboxylic acids is 1. The van der Waals surface area contributed by atoms with Gasteiger partial charge in [0, 0.05) is 11.3 Å². The summed E-state index contributed by atoms with van der Waals surface area (Å²) in [5, 5.41) is 28.9. The molecule has 0 saturated heterocycles. The van der Waals surface area contributed by atoms with E-state index in [0.29, 0.717) is 0 Å². The second-order valence-corrected chi connectivity index (χ2v) is 4.11. The van der Waals surface area contributed by atoms with Gasteiger partial charge in [0.2, 0.25) is 5.01 Å². The van der Waals surface area contributed by atoms with E-state index >= 15 is 0 Å². The molecule has 15 heavy (non-hydrogen) atoms. The normalized spacial score (nSPS) is 14.9. The van der Waals surface area contributed by atoms with Crippen molar-refractivity contribution in [2.24, 2.45) is 0 Å². The van der Waals surface area contributed by atoms with Crippen molar-refractivity contribution in [3.05, 3.63) is 16.1 Å². The van der Waals surface area contributed by atoms with Crippen LogP contribution in [0.1, 0.15) is 28.0 Å². The number of aliphatic hydroxyl groups excluding tert-OH is 2. The van der Waals surface area contributed by atoms with Gasteiger partial charge in [-0.15, -0.1) is 22.9 Å². The average molecular weight is 252 g/mol. The fraction of sp³-hybridized carbons (Fsp3) is 0.500. The Morgan fingerprint density at radius 2 is 2.27 bits per heavy atom. The Morgan fingerprint density at radius 3 is 2.73 bits per heavy atom. The van der Waals surface area contributed by atoms with E-state index in [1.165, 1.54) is 5.38 Å². The molecule has 0 spiro atoms. The van der Waals surface area contributed by atoms with Crippen molar-refractivity contribution in [1.29, 1.82) is 0 Å². The van der Waals surface area contributed by atoms with Crippen LogP contribution in [0.5, 0.6) is 0 Å². The molecule has 0 aliphatic rings. The van der Waals surface area contributed by atoms with E-state index in [4.69, 9.17) is 16.7 Å². The van der Waals surface area contributed by atoms with Gasteiger partial charge in [0.05, 0.1) is 11.8 Å². The fourth-order valence-electron chi connectivity index (χ4n) is 0.987. The SMILES string of the molecule is O=C(O)c1nc(C(O)C(O)CCCl)cs1. The van der Waals surface area contributed by atoms with E-state index in [1.54, 1.807) is 0 Å². The summed E-state index contributed by atoms with van der Waals surface area (Å²) in [5.74, 6) is -0.931. The molecule has 0 aliphatic heterocycles. The fourth-order valence-corrected chi connectivity index (χ4v) is 1.89. The third-order valence-electron chi connectivity index (χ3n) is 1.78. The maximum absolute atomic E-state index is 10.5. The molecule has 0 aliphatic carbocycles. The molecule has 7 heteroatoms. The van der Waals surface area contributed by atoms with Crippen molar-refractivity contribution >= 4 is 28.9 Å². The molecule has 5 nitrogen and oxygen atoms in total. The number of aromatic nitrogens is 1. The summed E-state index contributed by atoms with van der Waals surface area (Å²) in [6.07, 6.45) is -1.98. The summed E-state index contributed by atoms with van der Waals surface area (Å²) in [6, 6.07) is 0. The number of hydrogen-bond acceptors (Lipinski definition) is 5. The van der Waals surface area contributed by atoms with E-state index in [1.807, 2.05) is 0 Å². The zero-order valence-corrected chi connectivity index (χ0v) is 9.20. The first-order chi connectivity index (χ1) is 7.06. The van der Waals surface area contributed by atoms with Gasteiger partial charge in [-0.05, 0) is 6.42 Å². The lowest BCUT2D eigenvalue weighted by Crippen LogP contribution is -2.19. The van der Waals surface area contributed by atoms with Crippen molar-refractivity contribution in [2.45, 2.75) is 18.6 Å². The van der Waals surface area contributed by atoms with Crippen LogP contribution >= 0.6 is 22.9 Å². The molecule has 0 fully saturated rings. The first-order valence-corrected chi connectivity index (χ1v) is 5.58. The number of thiazole rings is 1. The summed E-state index contributed by atoms with van der Waals surface area (Å²) in [6.45, 7) is 0. The van der Waals surface area contributed by atoms with Crippen LogP contribution in [-0.4, -0.2) is 38.3 Å². The second kappa shape index (κ2) is 5.41. The van der Waals surface area contributed by atoms with E-state index in [9.17, 15) is 15.0 Å². The molecule has 0 amide bonds. The predicted octanol–water partition coefficient (Wildman–Crippen LogP) is 0.864. The number of aliphatic hydroxyl groups is 2. The maximum Gasteiger partial charge on any atom is 0.365 e. The second-order valence-electron chi connectivity index (χ2n) is 2.87. The quantitative estimate of drug-likeness (QED) is 0.676. The summed E-state index contributed by atoms with van der Waals surface area (Å²) in [5.41, 5.74) is 0.162. The summed E-state index contributed by atoms with van der Waals surface area (Å²) in [7, 11) is 0. The largest absolute Gasteiger partial charge is 0.476 e. The molecule has 1 rings (SSSR count). The molecular formula is C8H10ClNO4S. The maximum atomic E-state index is 10.5. The van der Waals surface area contributed by atoms with Crippen LogP contribution in [0.15, 0.2) is 5.38 Å². The van der Waals surface area contributed by atoms with Crippen LogP contribution in [0.3, 0.4) is 0 Å². The van der Waals surface area contributed by atoms with Gasteiger partial charge in [0.25, 0.3) is 0 Å². The highest BCUT2D eigenvalue weighted by Gasteiger charge is 2.21. The van der Waals surface area contributed by atoms with E-state index < -0.39 is 18.2 Å². The van der Waals surface area contributed by atoms with E-state index in [-0.39, 0.29) is 23.0 Å². The number of halogens is 1. The van der Waals surface area contributed by atoms with Gasteiger partial charge in [-0.2, -0.15) is 0 Å². The monoisotopic (exact) mass is 251 g/mol. The molecule has 0 saturated carbocycles. The van der Waals surface area contributed by atoms with Crippen LogP contribution in [0.2, 0.25) is 0 Å². The van der Waals surface area contributed by atoms with Gasteiger partial charge < -0.3 is 15.3 Å². The smallest absolute Gasteiger partial charge is 0.365 e. The molecule has 0 radical (unpaired) electrons. The van der Waals surface area contributed by atoms with Crippen LogP contribution in [0.25, 0.3) is 0 Å².